The third kappa shape index (κ3) is 2.03. The average molecular weight is 211 g/mol. The van der Waals surface area contributed by atoms with E-state index in [1.807, 2.05) is 13.8 Å². The van der Waals surface area contributed by atoms with Gasteiger partial charge in [-0.3, -0.25) is 9.69 Å². The molecule has 0 aromatic heterocycles. The summed E-state index contributed by atoms with van der Waals surface area (Å²) in [5, 5.41) is 0. The molecular weight excluding hydrogens is 190 g/mol. The Labute approximate surface area is 91.8 Å². The Balaban J connectivity index is 1.87. The molecule has 0 N–H and O–H groups in total. The van der Waals surface area contributed by atoms with E-state index in [1.54, 1.807) is 0 Å². The number of nitrogens with zero attached hydrogens (tertiary/aromatic N) is 1. The van der Waals surface area contributed by atoms with E-state index in [0.717, 1.165) is 13.1 Å². The van der Waals surface area contributed by atoms with Gasteiger partial charge in [0.2, 0.25) is 0 Å². The number of carbonyl (C=O) groups excluding carboxylic acids is 1. The molecule has 0 amide bonds. The molecule has 0 unspecified atom stereocenters. The van der Waals surface area contributed by atoms with Crippen LogP contribution in [0.2, 0.25) is 0 Å². The van der Waals surface area contributed by atoms with Crippen molar-refractivity contribution in [2.45, 2.75) is 45.6 Å². The van der Waals surface area contributed by atoms with Crippen LogP contribution in [0.15, 0.2) is 0 Å². The van der Waals surface area contributed by atoms with Crippen LogP contribution in [-0.4, -0.2) is 36.6 Å². The Morgan fingerprint density at radius 1 is 1.47 bits per heavy atom. The van der Waals surface area contributed by atoms with Crippen molar-refractivity contribution in [3.05, 3.63) is 0 Å². The molecular formula is C12H21NO2. The summed E-state index contributed by atoms with van der Waals surface area (Å²) in [6.07, 6.45) is 5.37. The molecule has 0 aromatic rings. The van der Waals surface area contributed by atoms with Crippen LogP contribution in [0, 0.1) is 5.41 Å². The van der Waals surface area contributed by atoms with Crippen molar-refractivity contribution in [3.63, 3.8) is 0 Å². The first-order valence-corrected chi connectivity index (χ1v) is 6.07. The normalized spacial score (nSPS) is 26.3. The van der Waals surface area contributed by atoms with E-state index in [0.29, 0.717) is 12.0 Å². The summed E-state index contributed by atoms with van der Waals surface area (Å²) in [5.74, 6) is -0.0612. The van der Waals surface area contributed by atoms with Gasteiger partial charge in [-0.25, -0.2) is 0 Å². The highest BCUT2D eigenvalue weighted by Crippen LogP contribution is 2.48. The summed E-state index contributed by atoms with van der Waals surface area (Å²) in [7, 11) is 0. The second-order valence-corrected chi connectivity index (χ2v) is 5.00. The lowest BCUT2D eigenvalue weighted by Gasteiger charge is -2.38. The zero-order valence-corrected chi connectivity index (χ0v) is 9.79. The molecule has 1 atom stereocenters. The van der Waals surface area contributed by atoms with Gasteiger partial charge in [-0.05, 0) is 45.1 Å². The fourth-order valence-electron chi connectivity index (χ4n) is 2.80. The number of ether oxygens (including phenoxy) is 1. The molecule has 1 spiro atoms. The minimum atomic E-state index is -0.0612. The summed E-state index contributed by atoms with van der Waals surface area (Å²) in [5.41, 5.74) is 0.570. The second kappa shape index (κ2) is 4.12. The predicted molar refractivity (Wildman–Crippen MR) is 58.6 cm³/mol. The zero-order valence-electron chi connectivity index (χ0n) is 9.79. The predicted octanol–water partition coefficient (Wildman–Crippen LogP) is 1.81. The molecule has 1 aliphatic heterocycles. The highest BCUT2D eigenvalue weighted by atomic mass is 16.5. The van der Waals surface area contributed by atoms with Crippen molar-refractivity contribution in [1.29, 1.82) is 0 Å². The topological polar surface area (TPSA) is 29.5 Å². The van der Waals surface area contributed by atoms with Gasteiger partial charge in [-0.15, -0.1) is 0 Å². The quantitative estimate of drug-likeness (QED) is 0.667. The number of hydrogen-bond acceptors (Lipinski definition) is 3. The molecule has 0 bridgehead atoms. The average Bonchev–Trinajstić information content (AvgIpc) is 2.61. The molecule has 2 rings (SSSR count). The standard InChI is InChI=1S/C12H21NO2/c1-3-15-11(14)10(2)13-8-7-12(9-13)5-4-6-12/h10H,3-9H2,1-2H3/t10-/m1/s1. The van der Waals surface area contributed by atoms with Crippen molar-refractivity contribution in [2.24, 2.45) is 5.41 Å². The minimum absolute atomic E-state index is 0.0510. The number of rotatable bonds is 3. The van der Waals surface area contributed by atoms with Gasteiger partial charge in [0.1, 0.15) is 6.04 Å². The van der Waals surface area contributed by atoms with Gasteiger partial charge in [0.05, 0.1) is 6.61 Å². The highest BCUT2D eigenvalue weighted by molar-refractivity contribution is 5.75. The minimum Gasteiger partial charge on any atom is -0.465 e. The summed E-state index contributed by atoms with van der Waals surface area (Å²) in [6.45, 7) is 6.49. The van der Waals surface area contributed by atoms with E-state index in [2.05, 4.69) is 4.90 Å². The van der Waals surface area contributed by atoms with Crippen molar-refractivity contribution in [2.75, 3.05) is 19.7 Å². The molecule has 2 fully saturated rings. The fourth-order valence-corrected chi connectivity index (χ4v) is 2.80. The maximum absolute atomic E-state index is 11.6. The smallest absolute Gasteiger partial charge is 0.323 e. The Hall–Kier alpha value is -0.570. The molecule has 2 aliphatic rings. The number of likely N-dealkylation sites (tertiary alicyclic amines) is 1. The van der Waals surface area contributed by atoms with Gasteiger partial charge in [-0.2, -0.15) is 0 Å². The zero-order chi connectivity index (χ0) is 10.9. The first kappa shape index (κ1) is 10.9. The van der Waals surface area contributed by atoms with Crippen molar-refractivity contribution < 1.29 is 9.53 Å². The Morgan fingerprint density at radius 2 is 2.20 bits per heavy atom. The third-order valence-electron chi connectivity index (χ3n) is 4.06. The molecule has 1 aliphatic carbocycles. The SMILES string of the molecule is CCOC(=O)[C@@H](C)N1CCC2(CCC2)C1. The van der Waals surface area contributed by atoms with E-state index in [1.165, 1.54) is 25.7 Å². The molecule has 0 radical (unpaired) electrons. The van der Waals surface area contributed by atoms with Crippen LogP contribution in [0.4, 0.5) is 0 Å². The third-order valence-corrected chi connectivity index (χ3v) is 4.06. The Morgan fingerprint density at radius 3 is 2.67 bits per heavy atom. The summed E-state index contributed by atoms with van der Waals surface area (Å²) in [4.78, 5) is 13.9. The van der Waals surface area contributed by atoms with Gasteiger partial charge in [0, 0.05) is 6.54 Å². The number of esters is 1. The maximum Gasteiger partial charge on any atom is 0.323 e. The van der Waals surface area contributed by atoms with Crippen LogP contribution in [0.25, 0.3) is 0 Å². The summed E-state index contributed by atoms with van der Waals surface area (Å²) >= 11 is 0. The summed E-state index contributed by atoms with van der Waals surface area (Å²) < 4.78 is 5.06. The largest absolute Gasteiger partial charge is 0.465 e. The molecule has 1 heterocycles. The van der Waals surface area contributed by atoms with E-state index in [4.69, 9.17) is 4.74 Å². The molecule has 3 heteroatoms. The molecule has 1 saturated carbocycles. The number of carbonyl (C=O) groups is 1. The molecule has 86 valence electrons. The first-order valence-electron chi connectivity index (χ1n) is 6.07. The second-order valence-electron chi connectivity index (χ2n) is 5.00. The van der Waals surface area contributed by atoms with Crippen LogP contribution in [-0.2, 0) is 9.53 Å². The molecule has 1 saturated heterocycles. The highest BCUT2D eigenvalue weighted by Gasteiger charge is 2.44. The van der Waals surface area contributed by atoms with Crippen molar-refractivity contribution in [3.8, 4) is 0 Å². The van der Waals surface area contributed by atoms with Gasteiger partial charge in [0.15, 0.2) is 0 Å². The lowest BCUT2D eigenvalue weighted by molar-refractivity contribution is -0.148. The van der Waals surface area contributed by atoms with Gasteiger partial charge >= 0.3 is 5.97 Å². The van der Waals surface area contributed by atoms with E-state index in [9.17, 15) is 4.79 Å². The maximum atomic E-state index is 11.6. The van der Waals surface area contributed by atoms with Gasteiger partial charge in [0.25, 0.3) is 0 Å². The van der Waals surface area contributed by atoms with Crippen molar-refractivity contribution >= 4 is 5.97 Å². The van der Waals surface area contributed by atoms with Crippen molar-refractivity contribution in [1.82, 2.24) is 4.90 Å². The molecule has 0 aromatic carbocycles. The first-order chi connectivity index (χ1) is 7.17. The van der Waals surface area contributed by atoms with Gasteiger partial charge < -0.3 is 4.74 Å². The van der Waals surface area contributed by atoms with Crippen LogP contribution in [0.3, 0.4) is 0 Å². The molecule has 3 nitrogen and oxygen atoms in total. The van der Waals surface area contributed by atoms with Crippen LogP contribution >= 0.6 is 0 Å². The monoisotopic (exact) mass is 211 g/mol. The van der Waals surface area contributed by atoms with E-state index < -0.39 is 0 Å². The Bertz CT molecular complexity index is 248. The van der Waals surface area contributed by atoms with Gasteiger partial charge in [-0.1, -0.05) is 6.42 Å². The van der Waals surface area contributed by atoms with Crippen LogP contribution in [0.1, 0.15) is 39.5 Å². The van der Waals surface area contributed by atoms with Crippen LogP contribution < -0.4 is 0 Å². The summed E-state index contributed by atoms with van der Waals surface area (Å²) in [6, 6.07) is -0.0510. The van der Waals surface area contributed by atoms with E-state index >= 15 is 0 Å². The number of hydrogen-bond donors (Lipinski definition) is 0. The van der Waals surface area contributed by atoms with Crippen LogP contribution in [0.5, 0.6) is 0 Å². The molecule has 15 heavy (non-hydrogen) atoms. The lowest BCUT2D eigenvalue weighted by Crippen LogP contribution is -2.41. The Kier molecular flexibility index (Phi) is 3.01. The van der Waals surface area contributed by atoms with E-state index in [-0.39, 0.29) is 12.0 Å². The fraction of sp³-hybridized carbons (Fsp3) is 0.917. The lowest BCUT2D eigenvalue weighted by atomic mass is 9.68.